The van der Waals surface area contributed by atoms with E-state index in [9.17, 15) is 0 Å². The van der Waals surface area contributed by atoms with Gasteiger partial charge in [0.1, 0.15) is 17.4 Å². The van der Waals surface area contributed by atoms with Gasteiger partial charge in [-0.2, -0.15) is 13.2 Å². The van der Waals surface area contributed by atoms with Crippen molar-refractivity contribution in [2.24, 2.45) is 10.4 Å². The summed E-state index contributed by atoms with van der Waals surface area (Å²) in [4.78, 5) is 2.34. The van der Waals surface area contributed by atoms with Crippen LogP contribution in [0.4, 0.5) is 0 Å². The van der Waals surface area contributed by atoms with Crippen LogP contribution in [0.1, 0.15) is 25.0 Å². The lowest BCUT2D eigenvalue weighted by Gasteiger charge is -2.22. The molecule has 0 saturated heterocycles. The summed E-state index contributed by atoms with van der Waals surface area (Å²) in [7, 11) is 4.09. The molecule has 1 aromatic rings. The van der Waals surface area contributed by atoms with Gasteiger partial charge in [0.25, 0.3) is 0 Å². The van der Waals surface area contributed by atoms with E-state index in [4.69, 9.17) is 0 Å². The van der Waals surface area contributed by atoms with E-state index in [-0.39, 0.29) is 0 Å². The van der Waals surface area contributed by atoms with Gasteiger partial charge in [0.2, 0.25) is 0 Å². The Balaban J connectivity index is 1.36. The van der Waals surface area contributed by atoms with E-state index in [0.29, 0.717) is 0 Å². The lowest BCUT2D eigenvalue weighted by molar-refractivity contribution is 0.338. The van der Waals surface area contributed by atoms with Crippen molar-refractivity contribution in [2.45, 2.75) is 24.3 Å². The number of aromatic nitrogens is 2. The summed E-state index contributed by atoms with van der Waals surface area (Å²) >= 11 is 4.91. The monoisotopic (exact) mass is 385 g/mol. The van der Waals surface area contributed by atoms with E-state index in [1.54, 1.807) is 11.9 Å². The van der Waals surface area contributed by atoms with E-state index >= 15 is 0 Å². The molecule has 0 fully saturated rings. The second-order valence-electron chi connectivity index (χ2n) is 5.89. The molecule has 0 atom stereocenters. The first-order chi connectivity index (χ1) is 11.7. The molecule has 0 N–H and O–H groups in total. The zero-order chi connectivity index (χ0) is 16.8. The summed E-state index contributed by atoms with van der Waals surface area (Å²) in [6, 6.07) is 0. The van der Waals surface area contributed by atoms with E-state index in [2.05, 4.69) is 37.2 Å². The highest BCUT2D eigenvalue weighted by Crippen LogP contribution is 2.29. The van der Waals surface area contributed by atoms with Crippen molar-refractivity contribution in [3.05, 3.63) is 11.8 Å². The minimum atomic E-state index is 0.775. The van der Waals surface area contributed by atoms with Crippen molar-refractivity contribution in [3.63, 3.8) is 0 Å². The number of likely N-dealkylation sites (N-methyl/N-ethyl adjacent to an activating group) is 1. The quantitative estimate of drug-likeness (QED) is 0.387. The van der Waals surface area contributed by atoms with E-state index in [0.717, 1.165) is 48.4 Å². The zero-order valence-corrected chi connectivity index (χ0v) is 16.5. The van der Waals surface area contributed by atoms with Gasteiger partial charge in [-0.05, 0) is 54.8 Å². The summed E-state index contributed by atoms with van der Waals surface area (Å²) in [6.07, 6.45) is 5.77. The molecule has 0 aliphatic carbocycles. The Kier molecular flexibility index (Phi) is 6.75. The van der Waals surface area contributed by atoms with Crippen molar-refractivity contribution in [1.82, 2.24) is 23.1 Å². The normalized spacial score (nSPS) is 18.5. The molecule has 3 heterocycles. The van der Waals surface area contributed by atoms with Gasteiger partial charge < -0.3 is 4.90 Å². The second kappa shape index (κ2) is 9.02. The molecule has 0 aromatic carbocycles. The van der Waals surface area contributed by atoms with Crippen molar-refractivity contribution in [1.29, 1.82) is 0 Å². The van der Waals surface area contributed by atoms with Gasteiger partial charge in [-0.1, -0.05) is 11.3 Å². The Hall–Kier alpha value is -0.840. The van der Waals surface area contributed by atoms with Crippen LogP contribution in [0, 0.1) is 0 Å². The highest BCUT2D eigenvalue weighted by atomic mass is 32.2. The Morgan fingerprint density at radius 2 is 2.04 bits per heavy atom. The Morgan fingerprint density at radius 3 is 2.83 bits per heavy atom. The maximum Gasteiger partial charge on any atom is 0.138 e. The Morgan fingerprint density at radius 1 is 1.17 bits per heavy atom. The molecule has 3 rings (SSSR count). The summed E-state index contributed by atoms with van der Waals surface area (Å²) in [5, 5.41) is 11.0. The average molecular weight is 386 g/mol. The lowest BCUT2D eigenvalue weighted by Crippen LogP contribution is -2.25. The third-order valence-electron chi connectivity index (χ3n) is 3.74. The third-order valence-corrected chi connectivity index (χ3v) is 6.39. The zero-order valence-electron chi connectivity index (χ0n) is 14.1. The van der Waals surface area contributed by atoms with E-state index < -0.39 is 0 Å². The smallest absolute Gasteiger partial charge is 0.138 e. The average Bonchev–Trinajstić information content (AvgIpc) is 3.19. The maximum atomic E-state index is 4.53. The number of hydrogen-bond donors (Lipinski definition) is 0. The summed E-state index contributed by atoms with van der Waals surface area (Å²) in [5.41, 5.74) is 2.44. The van der Waals surface area contributed by atoms with Crippen LogP contribution in [-0.4, -0.2) is 68.4 Å². The molecular weight excluding hydrogens is 362 g/mol. The Bertz CT molecular complexity index is 589. The molecule has 10 heteroatoms. The topological polar surface area (TPSA) is 60.2 Å². The van der Waals surface area contributed by atoms with Crippen LogP contribution in [-0.2, 0) is 0 Å². The fourth-order valence-corrected chi connectivity index (χ4v) is 5.08. The largest absolute Gasteiger partial charge is 0.302 e. The Labute approximate surface area is 156 Å². The molecule has 0 spiro atoms. The first kappa shape index (κ1) is 18.0. The maximum absolute atomic E-state index is 4.53. The molecule has 1 aromatic heterocycles. The first-order valence-corrected chi connectivity index (χ1v) is 10.7. The molecule has 0 amide bonds. The summed E-state index contributed by atoms with van der Waals surface area (Å²) in [6.45, 7) is 2.89. The van der Waals surface area contributed by atoms with Gasteiger partial charge in [-0.15, -0.1) is 11.8 Å². The molecule has 24 heavy (non-hydrogen) atoms. The van der Waals surface area contributed by atoms with Crippen LogP contribution in [0.25, 0.3) is 5.57 Å². The van der Waals surface area contributed by atoms with E-state index in [1.165, 1.54) is 30.1 Å². The SMILES string of the molecule is CN1CCC=C(c2nsnc2SCCCCSN2CN(C)N=N2)C1. The third kappa shape index (κ3) is 5.08. The standard InChI is InChI=1S/C14H23N7S3/c1-19-7-5-6-12(10-19)13-14(16-24-15-13)22-8-3-4-9-23-21-11-20(2)17-18-21/h6H,3-5,7-11H2,1-2H3. The molecule has 0 saturated carbocycles. The molecule has 132 valence electrons. The van der Waals surface area contributed by atoms with E-state index in [1.807, 2.05) is 28.2 Å². The predicted molar refractivity (Wildman–Crippen MR) is 102 cm³/mol. The summed E-state index contributed by atoms with van der Waals surface area (Å²) < 4.78 is 11.0. The van der Waals surface area contributed by atoms with Crippen molar-refractivity contribution < 1.29 is 0 Å². The molecule has 0 radical (unpaired) electrons. The molecule has 7 nitrogen and oxygen atoms in total. The van der Waals surface area contributed by atoms with Crippen LogP contribution < -0.4 is 0 Å². The number of nitrogens with zero attached hydrogens (tertiary/aromatic N) is 7. The number of hydrogen-bond acceptors (Lipinski definition) is 10. The van der Waals surface area contributed by atoms with Crippen molar-refractivity contribution >= 4 is 41.0 Å². The lowest BCUT2D eigenvalue weighted by atomic mass is 10.1. The molecule has 2 aliphatic rings. The first-order valence-electron chi connectivity index (χ1n) is 8.09. The fraction of sp³-hybridized carbons (Fsp3) is 0.714. The van der Waals surface area contributed by atoms with Crippen molar-refractivity contribution in [3.8, 4) is 0 Å². The minimum Gasteiger partial charge on any atom is -0.302 e. The van der Waals surface area contributed by atoms with Crippen LogP contribution in [0.5, 0.6) is 0 Å². The van der Waals surface area contributed by atoms with Crippen LogP contribution >= 0.6 is 35.4 Å². The van der Waals surface area contributed by atoms with Gasteiger partial charge in [-0.25, -0.2) is 0 Å². The fourth-order valence-electron chi connectivity index (χ4n) is 2.49. The molecule has 0 unspecified atom stereocenters. The molecule has 0 bridgehead atoms. The number of unbranched alkanes of at least 4 members (excludes halogenated alkanes) is 1. The highest BCUT2D eigenvalue weighted by molar-refractivity contribution is 7.99. The van der Waals surface area contributed by atoms with Crippen LogP contribution in [0.3, 0.4) is 0 Å². The van der Waals surface area contributed by atoms with Crippen LogP contribution in [0.2, 0.25) is 0 Å². The minimum absolute atomic E-state index is 0.775. The molecule has 2 aliphatic heterocycles. The highest BCUT2D eigenvalue weighted by Gasteiger charge is 2.17. The number of rotatable bonds is 8. The predicted octanol–water partition coefficient (Wildman–Crippen LogP) is 3.26. The van der Waals surface area contributed by atoms with Gasteiger partial charge in [0.05, 0.1) is 11.7 Å². The second-order valence-corrected chi connectivity index (χ2v) is 8.59. The van der Waals surface area contributed by atoms with Crippen molar-refractivity contribution in [2.75, 3.05) is 45.4 Å². The summed E-state index contributed by atoms with van der Waals surface area (Å²) in [5.74, 6) is 2.16. The van der Waals surface area contributed by atoms with Gasteiger partial charge in [0, 0.05) is 25.9 Å². The number of thioether (sulfide) groups is 1. The molecular formula is C14H23N7S3. The van der Waals surface area contributed by atoms with Gasteiger partial charge in [-0.3, -0.25) is 5.01 Å². The van der Waals surface area contributed by atoms with Gasteiger partial charge in [0.15, 0.2) is 0 Å². The van der Waals surface area contributed by atoms with Gasteiger partial charge >= 0.3 is 0 Å². The van der Waals surface area contributed by atoms with Crippen LogP contribution in [0.15, 0.2) is 21.5 Å².